The van der Waals surface area contributed by atoms with Crippen LogP contribution in [0.2, 0.25) is 0 Å². The van der Waals surface area contributed by atoms with Crippen LogP contribution in [0.25, 0.3) is 0 Å². The third-order valence-corrected chi connectivity index (χ3v) is 4.24. The van der Waals surface area contributed by atoms with Crippen LogP contribution in [0.15, 0.2) is 48.6 Å². The van der Waals surface area contributed by atoms with Gasteiger partial charge in [0.15, 0.2) is 0 Å². The van der Waals surface area contributed by atoms with E-state index in [0.717, 1.165) is 12.0 Å². The number of anilines is 1. The number of rotatable bonds is 4. The molecular formula is C16H23NO2S. The van der Waals surface area contributed by atoms with Gasteiger partial charge in [0, 0.05) is 5.69 Å². The first kappa shape index (κ1) is 16.5. The molecule has 110 valence electrons. The Morgan fingerprint density at radius 3 is 2.35 bits per heavy atom. The average molecular weight is 293 g/mol. The van der Waals surface area contributed by atoms with E-state index in [1.165, 1.54) is 0 Å². The maximum Gasteiger partial charge on any atom is 0.233 e. The highest BCUT2D eigenvalue weighted by Gasteiger charge is 2.17. The van der Waals surface area contributed by atoms with E-state index >= 15 is 0 Å². The zero-order chi connectivity index (χ0) is 15.0. The Bertz CT molecular complexity index is 557. The molecule has 0 spiro atoms. The summed E-state index contributed by atoms with van der Waals surface area (Å²) >= 11 is 0. The molecule has 1 aliphatic rings. The van der Waals surface area contributed by atoms with Gasteiger partial charge in [0.25, 0.3) is 0 Å². The van der Waals surface area contributed by atoms with Crippen LogP contribution in [-0.2, 0) is 10.0 Å². The third kappa shape index (κ3) is 5.61. The molecule has 0 amide bonds. The standard InChI is InChI=1S/C14H17NO2S.C2H6/c1-12-7-9-14(10-8-12)15-18(16,17)11-13-5-3-2-4-6-13;1-2/h2-5,7-10,13,15H,6,11H2,1H3;1-2H3. The van der Waals surface area contributed by atoms with Crippen LogP contribution >= 0.6 is 0 Å². The minimum atomic E-state index is -3.28. The van der Waals surface area contributed by atoms with Gasteiger partial charge in [-0.3, -0.25) is 4.72 Å². The number of hydrogen-bond donors (Lipinski definition) is 1. The van der Waals surface area contributed by atoms with Crippen molar-refractivity contribution in [2.45, 2.75) is 27.2 Å². The quantitative estimate of drug-likeness (QED) is 0.915. The maximum absolute atomic E-state index is 12.0. The number of hydrogen-bond acceptors (Lipinski definition) is 2. The van der Waals surface area contributed by atoms with Crippen LogP contribution in [0.3, 0.4) is 0 Å². The van der Waals surface area contributed by atoms with E-state index in [2.05, 4.69) is 4.72 Å². The third-order valence-electron chi connectivity index (χ3n) is 2.83. The van der Waals surface area contributed by atoms with Gasteiger partial charge in [-0.2, -0.15) is 0 Å². The van der Waals surface area contributed by atoms with Crippen LogP contribution in [0.1, 0.15) is 25.8 Å². The Labute approximate surface area is 122 Å². The van der Waals surface area contributed by atoms with Gasteiger partial charge < -0.3 is 0 Å². The van der Waals surface area contributed by atoms with Crippen molar-refractivity contribution in [3.8, 4) is 0 Å². The van der Waals surface area contributed by atoms with E-state index in [1.54, 1.807) is 12.1 Å². The summed E-state index contributed by atoms with van der Waals surface area (Å²) in [5.41, 5.74) is 1.73. The topological polar surface area (TPSA) is 46.2 Å². The predicted octanol–water partition coefficient (Wildman–Crippen LogP) is 3.90. The lowest BCUT2D eigenvalue weighted by molar-refractivity contribution is 0.588. The molecule has 2 rings (SSSR count). The summed E-state index contributed by atoms with van der Waals surface area (Å²) in [6, 6.07) is 7.34. The van der Waals surface area contributed by atoms with Gasteiger partial charge in [-0.25, -0.2) is 8.42 Å². The predicted molar refractivity (Wildman–Crippen MR) is 86.3 cm³/mol. The first-order chi connectivity index (χ1) is 9.55. The summed E-state index contributed by atoms with van der Waals surface area (Å²) < 4.78 is 26.6. The zero-order valence-electron chi connectivity index (χ0n) is 12.3. The maximum atomic E-state index is 12.0. The molecule has 0 saturated heterocycles. The molecule has 3 nitrogen and oxygen atoms in total. The molecule has 1 unspecified atom stereocenters. The van der Waals surface area contributed by atoms with Crippen LogP contribution in [0.5, 0.6) is 0 Å². The lowest BCUT2D eigenvalue weighted by atomic mass is 10.0. The van der Waals surface area contributed by atoms with Crippen molar-refractivity contribution in [1.82, 2.24) is 0 Å². The molecule has 1 atom stereocenters. The smallest absolute Gasteiger partial charge is 0.233 e. The highest BCUT2D eigenvalue weighted by atomic mass is 32.2. The van der Waals surface area contributed by atoms with Crippen molar-refractivity contribution in [2.24, 2.45) is 5.92 Å². The largest absolute Gasteiger partial charge is 0.284 e. The van der Waals surface area contributed by atoms with E-state index in [-0.39, 0.29) is 11.7 Å². The number of aryl methyl sites for hydroxylation is 1. The fourth-order valence-corrected chi connectivity index (χ4v) is 3.27. The zero-order valence-corrected chi connectivity index (χ0v) is 13.2. The molecule has 1 aromatic carbocycles. The SMILES string of the molecule is CC.Cc1ccc(NS(=O)(=O)CC2C=CC=CC2)cc1. The van der Waals surface area contributed by atoms with E-state index in [4.69, 9.17) is 0 Å². The van der Waals surface area contributed by atoms with E-state index < -0.39 is 10.0 Å². The number of nitrogens with one attached hydrogen (secondary N) is 1. The molecule has 0 aliphatic heterocycles. The summed E-state index contributed by atoms with van der Waals surface area (Å²) in [6.45, 7) is 5.97. The minimum absolute atomic E-state index is 0.0675. The van der Waals surface area contributed by atoms with Gasteiger partial charge in [-0.1, -0.05) is 55.8 Å². The van der Waals surface area contributed by atoms with Crippen LogP contribution < -0.4 is 4.72 Å². The van der Waals surface area contributed by atoms with Crippen molar-refractivity contribution in [2.75, 3.05) is 10.5 Å². The van der Waals surface area contributed by atoms with Gasteiger partial charge >= 0.3 is 0 Å². The highest BCUT2D eigenvalue weighted by Crippen LogP contribution is 2.16. The first-order valence-corrected chi connectivity index (χ1v) is 8.61. The summed E-state index contributed by atoms with van der Waals surface area (Å²) in [5, 5.41) is 0. The molecule has 4 heteroatoms. The first-order valence-electron chi connectivity index (χ1n) is 6.96. The van der Waals surface area contributed by atoms with Crippen LogP contribution in [0, 0.1) is 12.8 Å². The minimum Gasteiger partial charge on any atom is -0.284 e. The molecule has 0 fully saturated rings. The molecule has 0 radical (unpaired) electrons. The number of sulfonamides is 1. The monoisotopic (exact) mass is 293 g/mol. The van der Waals surface area contributed by atoms with Gasteiger partial charge in [0.1, 0.15) is 0 Å². The molecular weight excluding hydrogens is 270 g/mol. The van der Waals surface area contributed by atoms with Crippen molar-refractivity contribution < 1.29 is 8.42 Å². The second-order valence-electron chi connectivity index (χ2n) is 4.56. The molecule has 1 N–H and O–H groups in total. The van der Waals surface area contributed by atoms with Gasteiger partial charge in [-0.05, 0) is 31.4 Å². The van der Waals surface area contributed by atoms with Gasteiger partial charge in [0.05, 0.1) is 5.75 Å². The lowest BCUT2D eigenvalue weighted by Crippen LogP contribution is -2.22. The second kappa shape index (κ2) is 7.90. The highest BCUT2D eigenvalue weighted by molar-refractivity contribution is 7.92. The number of benzene rings is 1. The summed E-state index contributed by atoms with van der Waals surface area (Å²) in [4.78, 5) is 0. The summed E-state index contributed by atoms with van der Waals surface area (Å²) in [7, 11) is -3.28. The normalized spacial score (nSPS) is 17.2. The summed E-state index contributed by atoms with van der Waals surface area (Å²) in [5.74, 6) is 0.194. The Morgan fingerprint density at radius 1 is 1.15 bits per heavy atom. The van der Waals surface area contributed by atoms with Crippen LogP contribution in [-0.4, -0.2) is 14.2 Å². The van der Waals surface area contributed by atoms with Crippen molar-refractivity contribution in [1.29, 1.82) is 0 Å². The fourth-order valence-electron chi connectivity index (χ4n) is 1.88. The van der Waals surface area contributed by atoms with Crippen LogP contribution in [0.4, 0.5) is 5.69 Å². The Kier molecular flexibility index (Phi) is 6.52. The van der Waals surface area contributed by atoms with Crippen molar-refractivity contribution in [3.05, 3.63) is 54.1 Å². The molecule has 0 heterocycles. The molecule has 1 aliphatic carbocycles. The molecule has 0 bridgehead atoms. The molecule has 0 saturated carbocycles. The van der Waals surface area contributed by atoms with Gasteiger partial charge in [0.2, 0.25) is 10.0 Å². The molecule has 1 aromatic rings. The van der Waals surface area contributed by atoms with E-state index in [1.807, 2.05) is 57.2 Å². The Balaban J connectivity index is 0.000000956. The van der Waals surface area contributed by atoms with Gasteiger partial charge in [-0.15, -0.1) is 0 Å². The summed E-state index contributed by atoms with van der Waals surface area (Å²) in [6.07, 6.45) is 8.55. The average Bonchev–Trinajstić information content (AvgIpc) is 2.44. The van der Waals surface area contributed by atoms with E-state index in [9.17, 15) is 8.42 Å². The Morgan fingerprint density at radius 2 is 1.80 bits per heavy atom. The lowest BCUT2D eigenvalue weighted by Gasteiger charge is -2.14. The molecule has 20 heavy (non-hydrogen) atoms. The van der Waals surface area contributed by atoms with Crippen molar-refractivity contribution >= 4 is 15.7 Å². The number of allylic oxidation sites excluding steroid dienone is 4. The molecule has 0 aromatic heterocycles. The van der Waals surface area contributed by atoms with Crippen molar-refractivity contribution in [3.63, 3.8) is 0 Å². The Hall–Kier alpha value is -1.55. The fraction of sp³-hybridized carbons (Fsp3) is 0.375. The van der Waals surface area contributed by atoms with E-state index in [0.29, 0.717) is 5.69 Å². The second-order valence-corrected chi connectivity index (χ2v) is 6.33.